The fraction of sp³-hybridized carbons (Fsp3) is 0.333. The van der Waals surface area contributed by atoms with Gasteiger partial charge in [0.15, 0.2) is 10.8 Å². The maximum Gasteiger partial charge on any atom is 0.227 e. The van der Waals surface area contributed by atoms with Crippen molar-refractivity contribution >= 4 is 46.2 Å². The molecule has 0 radical (unpaired) electrons. The number of hydrogen-bond donors (Lipinski definition) is 0. The second kappa shape index (κ2) is 7.67. The first-order valence-corrected chi connectivity index (χ1v) is 10.9. The molecule has 0 aliphatic carbocycles. The molecule has 2 aromatic heterocycles. The largest absolute Gasteiger partial charge is 0.368 e. The number of hydrogen-bond acceptors (Lipinski definition) is 8. The van der Waals surface area contributed by atoms with Gasteiger partial charge in [0.2, 0.25) is 5.95 Å². The topological polar surface area (TPSA) is 58.0 Å². The number of thioether (sulfide) groups is 2. The first-order chi connectivity index (χ1) is 12.8. The van der Waals surface area contributed by atoms with Crippen LogP contribution in [-0.4, -0.2) is 58.6 Å². The Morgan fingerprint density at radius 2 is 1.58 bits per heavy atom. The van der Waals surface area contributed by atoms with Gasteiger partial charge < -0.3 is 9.80 Å². The van der Waals surface area contributed by atoms with Crippen molar-refractivity contribution in [3.63, 3.8) is 0 Å². The SMILES string of the molecule is CSc1nc(SC)c2cnc(N3CCN(c4ccccc4)CC3)nc2n1. The Morgan fingerprint density at radius 3 is 2.27 bits per heavy atom. The predicted octanol–water partition coefficient (Wildman–Crippen LogP) is 3.19. The Balaban J connectivity index is 1.56. The van der Waals surface area contributed by atoms with Gasteiger partial charge >= 0.3 is 0 Å². The lowest BCUT2D eigenvalue weighted by molar-refractivity contribution is 0.640. The van der Waals surface area contributed by atoms with Crippen LogP contribution in [0.1, 0.15) is 0 Å². The summed E-state index contributed by atoms with van der Waals surface area (Å²) < 4.78 is 0. The highest BCUT2D eigenvalue weighted by Crippen LogP contribution is 2.26. The van der Waals surface area contributed by atoms with Gasteiger partial charge in [-0.2, -0.15) is 4.98 Å². The summed E-state index contributed by atoms with van der Waals surface area (Å²) in [5, 5.41) is 2.60. The minimum absolute atomic E-state index is 0.726. The number of piperazine rings is 1. The van der Waals surface area contributed by atoms with Crippen molar-refractivity contribution in [3.05, 3.63) is 36.5 Å². The van der Waals surface area contributed by atoms with Gasteiger partial charge in [-0.25, -0.2) is 15.0 Å². The average molecular weight is 385 g/mol. The van der Waals surface area contributed by atoms with Crippen LogP contribution < -0.4 is 9.80 Å². The van der Waals surface area contributed by atoms with E-state index in [-0.39, 0.29) is 0 Å². The molecule has 1 fully saturated rings. The lowest BCUT2D eigenvalue weighted by Gasteiger charge is -2.36. The molecule has 26 heavy (non-hydrogen) atoms. The minimum Gasteiger partial charge on any atom is -0.368 e. The zero-order chi connectivity index (χ0) is 17.9. The maximum atomic E-state index is 4.73. The van der Waals surface area contributed by atoms with Crippen LogP contribution in [0.5, 0.6) is 0 Å². The Hall–Kier alpha value is -2.06. The van der Waals surface area contributed by atoms with E-state index >= 15 is 0 Å². The quantitative estimate of drug-likeness (QED) is 0.386. The molecule has 3 heterocycles. The van der Waals surface area contributed by atoms with E-state index in [0.29, 0.717) is 0 Å². The number of rotatable bonds is 4. The van der Waals surface area contributed by atoms with E-state index in [0.717, 1.165) is 53.3 Å². The molecule has 0 atom stereocenters. The van der Waals surface area contributed by atoms with Crippen molar-refractivity contribution < 1.29 is 0 Å². The fourth-order valence-electron chi connectivity index (χ4n) is 3.07. The van der Waals surface area contributed by atoms with Crippen molar-refractivity contribution in [3.8, 4) is 0 Å². The van der Waals surface area contributed by atoms with E-state index in [1.807, 2.05) is 18.7 Å². The molecule has 1 saturated heterocycles. The van der Waals surface area contributed by atoms with E-state index in [4.69, 9.17) is 4.98 Å². The molecule has 6 nitrogen and oxygen atoms in total. The van der Waals surface area contributed by atoms with Gasteiger partial charge in [-0.05, 0) is 24.6 Å². The van der Waals surface area contributed by atoms with Gasteiger partial charge in [-0.15, -0.1) is 11.8 Å². The molecule has 0 amide bonds. The zero-order valence-electron chi connectivity index (χ0n) is 14.8. The molecule has 134 valence electrons. The van der Waals surface area contributed by atoms with E-state index in [9.17, 15) is 0 Å². The second-order valence-electron chi connectivity index (χ2n) is 5.94. The second-order valence-corrected chi connectivity index (χ2v) is 7.50. The molecule has 8 heteroatoms. The van der Waals surface area contributed by atoms with Crippen molar-refractivity contribution in [1.29, 1.82) is 0 Å². The van der Waals surface area contributed by atoms with Crippen LogP contribution in [0.2, 0.25) is 0 Å². The number of anilines is 2. The average Bonchev–Trinajstić information content (AvgIpc) is 2.73. The number of fused-ring (bicyclic) bond motifs is 1. The summed E-state index contributed by atoms with van der Waals surface area (Å²) in [4.78, 5) is 23.1. The van der Waals surface area contributed by atoms with E-state index < -0.39 is 0 Å². The normalized spacial score (nSPS) is 14.8. The first kappa shape index (κ1) is 17.4. The minimum atomic E-state index is 0.726. The standard InChI is InChI=1S/C18H20N6S2/c1-25-16-14-12-19-17(20-15(14)21-18(22-16)26-2)24-10-8-23(9-11-24)13-6-4-3-5-7-13/h3-7,12H,8-11H2,1-2H3. The molecule has 0 saturated carbocycles. The van der Waals surface area contributed by atoms with Crippen molar-refractivity contribution in [1.82, 2.24) is 19.9 Å². The van der Waals surface area contributed by atoms with Crippen LogP contribution in [0.25, 0.3) is 11.0 Å². The van der Waals surface area contributed by atoms with Gasteiger partial charge in [0, 0.05) is 38.1 Å². The highest BCUT2D eigenvalue weighted by Gasteiger charge is 2.20. The summed E-state index contributed by atoms with van der Waals surface area (Å²) in [6.45, 7) is 3.72. The third kappa shape index (κ3) is 3.43. The highest BCUT2D eigenvalue weighted by atomic mass is 32.2. The molecule has 3 aromatic rings. The summed E-state index contributed by atoms with van der Waals surface area (Å²) in [6.07, 6.45) is 5.86. The van der Waals surface area contributed by atoms with Crippen LogP contribution >= 0.6 is 23.5 Å². The Kier molecular flexibility index (Phi) is 5.12. The Labute approximate surface area is 161 Å². The van der Waals surface area contributed by atoms with Crippen molar-refractivity contribution in [2.24, 2.45) is 0 Å². The number of para-hydroxylation sites is 1. The molecular weight excluding hydrogens is 364 g/mol. The van der Waals surface area contributed by atoms with Crippen LogP contribution in [0.4, 0.5) is 11.6 Å². The van der Waals surface area contributed by atoms with Crippen molar-refractivity contribution in [2.45, 2.75) is 10.2 Å². The number of nitrogens with zero attached hydrogens (tertiary/aromatic N) is 6. The molecule has 1 aliphatic heterocycles. The molecule has 0 spiro atoms. The summed E-state index contributed by atoms with van der Waals surface area (Å²) in [7, 11) is 0. The summed E-state index contributed by atoms with van der Waals surface area (Å²) in [5.41, 5.74) is 2.00. The first-order valence-electron chi connectivity index (χ1n) is 8.46. The zero-order valence-corrected chi connectivity index (χ0v) is 16.4. The maximum absolute atomic E-state index is 4.73. The van der Waals surface area contributed by atoms with Gasteiger partial charge in [-0.3, -0.25) is 0 Å². The lowest BCUT2D eigenvalue weighted by atomic mass is 10.2. The van der Waals surface area contributed by atoms with Gasteiger partial charge in [0.05, 0.1) is 5.39 Å². The van der Waals surface area contributed by atoms with Gasteiger partial charge in [-0.1, -0.05) is 30.0 Å². The Morgan fingerprint density at radius 1 is 0.846 bits per heavy atom. The van der Waals surface area contributed by atoms with E-state index in [1.165, 1.54) is 17.4 Å². The third-order valence-electron chi connectivity index (χ3n) is 4.44. The molecule has 1 aromatic carbocycles. The van der Waals surface area contributed by atoms with Gasteiger partial charge in [0.1, 0.15) is 5.03 Å². The Bertz CT molecular complexity index is 897. The summed E-state index contributed by atoms with van der Waals surface area (Å²) in [6, 6.07) is 10.5. The van der Waals surface area contributed by atoms with Crippen LogP contribution in [0.3, 0.4) is 0 Å². The summed E-state index contributed by atoms with van der Waals surface area (Å²) in [5.74, 6) is 0.753. The number of benzene rings is 1. The van der Waals surface area contributed by atoms with Crippen LogP contribution in [0.15, 0.2) is 46.7 Å². The molecule has 4 rings (SSSR count). The molecule has 0 unspecified atom stereocenters. The molecule has 0 bridgehead atoms. The molecular formula is C18H20N6S2. The molecule has 0 N–H and O–H groups in total. The summed E-state index contributed by atoms with van der Waals surface area (Å²) >= 11 is 3.14. The predicted molar refractivity (Wildman–Crippen MR) is 110 cm³/mol. The molecule has 1 aliphatic rings. The third-order valence-corrected chi connectivity index (χ3v) is 5.69. The monoisotopic (exact) mass is 384 g/mol. The van der Waals surface area contributed by atoms with Crippen LogP contribution in [0, 0.1) is 0 Å². The van der Waals surface area contributed by atoms with Crippen LogP contribution in [-0.2, 0) is 0 Å². The van der Waals surface area contributed by atoms with Crippen molar-refractivity contribution in [2.75, 3.05) is 48.5 Å². The van der Waals surface area contributed by atoms with E-state index in [2.05, 4.69) is 55.1 Å². The number of aromatic nitrogens is 4. The lowest BCUT2D eigenvalue weighted by Crippen LogP contribution is -2.47. The van der Waals surface area contributed by atoms with E-state index in [1.54, 1.807) is 11.8 Å². The van der Waals surface area contributed by atoms with Gasteiger partial charge in [0.25, 0.3) is 0 Å². The fourth-order valence-corrected chi connectivity index (χ4v) is 4.03. The highest BCUT2D eigenvalue weighted by molar-refractivity contribution is 7.99. The smallest absolute Gasteiger partial charge is 0.227 e.